The van der Waals surface area contributed by atoms with Crippen molar-refractivity contribution in [2.24, 2.45) is 0 Å². The second-order valence-corrected chi connectivity index (χ2v) is 5.05. The molecule has 0 saturated heterocycles. The van der Waals surface area contributed by atoms with Gasteiger partial charge in [-0.25, -0.2) is 4.98 Å². The van der Waals surface area contributed by atoms with Crippen molar-refractivity contribution in [2.45, 2.75) is 19.4 Å². The van der Waals surface area contributed by atoms with Gasteiger partial charge < -0.3 is 15.5 Å². The SMILES string of the molecule is CNc1cccc(C(=O)NCC(C)(C)N(C)C)n1. The monoisotopic (exact) mass is 250 g/mol. The number of amides is 1. The van der Waals surface area contributed by atoms with Gasteiger partial charge in [-0.1, -0.05) is 6.07 Å². The third-order valence-electron chi connectivity index (χ3n) is 3.13. The summed E-state index contributed by atoms with van der Waals surface area (Å²) in [7, 11) is 5.76. The molecule has 0 unspecified atom stereocenters. The van der Waals surface area contributed by atoms with E-state index in [-0.39, 0.29) is 11.4 Å². The zero-order chi connectivity index (χ0) is 13.8. The maximum Gasteiger partial charge on any atom is 0.270 e. The van der Waals surface area contributed by atoms with Crippen molar-refractivity contribution < 1.29 is 4.79 Å². The fourth-order valence-corrected chi connectivity index (χ4v) is 1.25. The third kappa shape index (κ3) is 3.70. The molecule has 18 heavy (non-hydrogen) atoms. The van der Waals surface area contributed by atoms with Crippen molar-refractivity contribution >= 4 is 11.7 Å². The molecule has 0 spiro atoms. The largest absolute Gasteiger partial charge is 0.373 e. The average molecular weight is 250 g/mol. The highest BCUT2D eigenvalue weighted by atomic mass is 16.1. The second kappa shape index (κ2) is 5.82. The van der Waals surface area contributed by atoms with Crippen molar-refractivity contribution in [3.8, 4) is 0 Å². The molecule has 0 aliphatic carbocycles. The van der Waals surface area contributed by atoms with Crippen molar-refractivity contribution in [1.29, 1.82) is 0 Å². The number of hydrogen-bond acceptors (Lipinski definition) is 4. The summed E-state index contributed by atoms with van der Waals surface area (Å²) in [6, 6.07) is 5.34. The van der Waals surface area contributed by atoms with Crippen molar-refractivity contribution in [3.05, 3.63) is 23.9 Å². The Kier molecular flexibility index (Phi) is 4.67. The van der Waals surface area contributed by atoms with Crippen LogP contribution in [0.5, 0.6) is 0 Å². The molecule has 0 bridgehead atoms. The van der Waals surface area contributed by atoms with Gasteiger partial charge in [-0.15, -0.1) is 0 Å². The third-order valence-corrected chi connectivity index (χ3v) is 3.13. The smallest absolute Gasteiger partial charge is 0.270 e. The molecule has 1 rings (SSSR count). The first-order valence-electron chi connectivity index (χ1n) is 5.97. The second-order valence-electron chi connectivity index (χ2n) is 5.05. The van der Waals surface area contributed by atoms with E-state index >= 15 is 0 Å². The molecule has 0 saturated carbocycles. The van der Waals surface area contributed by atoms with Crippen LogP contribution in [-0.2, 0) is 0 Å². The average Bonchev–Trinajstić information content (AvgIpc) is 2.36. The van der Waals surface area contributed by atoms with E-state index in [1.807, 2.05) is 26.2 Å². The Balaban J connectivity index is 2.66. The number of anilines is 1. The van der Waals surface area contributed by atoms with Crippen LogP contribution in [0.3, 0.4) is 0 Å². The van der Waals surface area contributed by atoms with Crippen LogP contribution >= 0.6 is 0 Å². The maximum atomic E-state index is 12.0. The fraction of sp³-hybridized carbons (Fsp3) is 0.538. The summed E-state index contributed by atoms with van der Waals surface area (Å²) in [4.78, 5) is 18.2. The zero-order valence-electron chi connectivity index (χ0n) is 11.7. The molecule has 0 aliphatic rings. The first kappa shape index (κ1) is 14.4. The number of carbonyl (C=O) groups excluding carboxylic acids is 1. The predicted octanol–water partition coefficient (Wildman–Crippen LogP) is 1.19. The van der Waals surface area contributed by atoms with Crippen LogP contribution in [0, 0.1) is 0 Å². The lowest BCUT2D eigenvalue weighted by Crippen LogP contribution is -2.48. The minimum Gasteiger partial charge on any atom is -0.373 e. The van der Waals surface area contributed by atoms with Gasteiger partial charge in [-0.05, 0) is 40.1 Å². The number of hydrogen-bond donors (Lipinski definition) is 2. The van der Waals surface area contributed by atoms with Crippen LogP contribution in [0.1, 0.15) is 24.3 Å². The fourth-order valence-electron chi connectivity index (χ4n) is 1.25. The minimum absolute atomic E-state index is 0.0870. The number of rotatable bonds is 5. The summed E-state index contributed by atoms with van der Waals surface area (Å²) in [6.45, 7) is 4.72. The molecule has 5 nitrogen and oxygen atoms in total. The number of nitrogens with zero attached hydrogens (tertiary/aromatic N) is 2. The molecule has 1 aromatic rings. The van der Waals surface area contributed by atoms with E-state index in [9.17, 15) is 4.79 Å². The number of likely N-dealkylation sites (N-methyl/N-ethyl adjacent to an activating group) is 1. The van der Waals surface area contributed by atoms with Gasteiger partial charge in [-0.3, -0.25) is 4.79 Å². The number of pyridine rings is 1. The van der Waals surface area contributed by atoms with Gasteiger partial charge in [0, 0.05) is 19.1 Å². The molecule has 0 fully saturated rings. The molecule has 0 atom stereocenters. The van der Waals surface area contributed by atoms with Gasteiger partial charge in [-0.2, -0.15) is 0 Å². The lowest BCUT2D eigenvalue weighted by atomic mass is 10.0. The van der Waals surface area contributed by atoms with E-state index in [1.165, 1.54) is 0 Å². The van der Waals surface area contributed by atoms with Gasteiger partial charge in [0.15, 0.2) is 0 Å². The van der Waals surface area contributed by atoms with Gasteiger partial charge in [0.25, 0.3) is 5.91 Å². The van der Waals surface area contributed by atoms with Crippen LogP contribution in [0.15, 0.2) is 18.2 Å². The topological polar surface area (TPSA) is 57.3 Å². The molecule has 5 heteroatoms. The standard InChI is InChI=1S/C13H22N4O/c1-13(2,17(4)5)9-15-12(18)10-7-6-8-11(14-3)16-10/h6-8H,9H2,1-5H3,(H,14,16)(H,15,18). The van der Waals surface area contributed by atoms with Crippen LogP contribution in [0.4, 0.5) is 5.82 Å². The molecule has 2 N–H and O–H groups in total. The van der Waals surface area contributed by atoms with E-state index in [1.54, 1.807) is 13.1 Å². The van der Waals surface area contributed by atoms with E-state index in [4.69, 9.17) is 0 Å². The number of nitrogens with one attached hydrogen (secondary N) is 2. The first-order valence-corrected chi connectivity index (χ1v) is 5.97. The number of carbonyl (C=O) groups is 1. The molecular weight excluding hydrogens is 228 g/mol. The van der Waals surface area contributed by atoms with Crippen LogP contribution < -0.4 is 10.6 Å². The molecule has 0 radical (unpaired) electrons. The minimum atomic E-state index is -0.151. The summed E-state index contributed by atoms with van der Waals surface area (Å²) in [6.07, 6.45) is 0. The van der Waals surface area contributed by atoms with Gasteiger partial charge >= 0.3 is 0 Å². The molecule has 1 aromatic heterocycles. The Morgan fingerprint density at radius 3 is 2.61 bits per heavy atom. The Labute approximate surface area is 109 Å². The maximum absolute atomic E-state index is 12.0. The Morgan fingerprint density at radius 2 is 2.06 bits per heavy atom. The molecular formula is C13H22N4O. The summed E-state index contributed by atoms with van der Waals surface area (Å²) in [5, 5.41) is 5.81. The van der Waals surface area contributed by atoms with Gasteiger partial charge in [0.1, 0.15) is 11.5 Å². The molecule has 100 valence electrons. The highest BCUT2D eigenvalue weighted by Crippen LogP contribution is 2.09. The highest BCUT2D eigenvalue weighted by molar-refractivity contribution is 5.92. The van der Waals surface area contributed by atoms with Crippen molar-refractivity contribution in [2.75, 3.05) is 33.0 Å². The normalized spacial score (nSPS) is 11.4. The van der Waals surface area contributed by atoms with E-state index in [0.29, 0.717) is 18.1 Å². The summed E-state index contributed by atoms with van der Waals surface area (Å²) >= 11 is 0. The lowest BCUT2D eigenvalue weighted by Gasteiger charge is -2.32. The Hall–Kier alpha value is -1.62. The van der Waals surface area contributed by atoms with Crippen LogP contribution in [-0.4, -0.2) is 49.0 Å². The number of aromatic nitrogens is 1. The highest BCUT2D eigenvalue weighted by Gasteiger charge is 2.21. The molecule has 0 aliphatic heterocycles. The predicted molar refractivity (Wildman–Crippen MR) is 73.9 cm³/mol. The van der Waals surface area contributed by atoms with Crippen molar-refractivity contribution in [3.63, 3.8) is 0 Å². The van der Waals surface area contributed by atoms with E-state index < -0.39 is 0 Å². The zero-order valence-corrected chi connectivity index (χ0v) is 11.7. The van der Waals surface area contributed by atoms with Crippen LogP contribution in [0.25, 0.3) is 0 Å². The summed E-state index contributed by atoms with van der Waals surface area (Å²) < 4.78 is 0. The quantitative estimate of drug-likeness (QED) is 0.824. The molecule has 1 heterocycles. The first-order chi connectivity index (χ1) is 8.36. The van der Waals surface area contributed by atoms with Gasteiger partial charge in [0.05, 0.1) is 0 Å². The summed E-state index contributed by atoms with van der Waals surface area (Å²) in [5.74, 6) is 0.538. The van der Waals surface area contributed by atoms with E-state index in [0.717, 1.165) is 0 Å². The lowest BCUT2D eigenvalue weighted by molar-refractivity contribution is 0.0915. The van der Waals surface area contributed by atoms with Gasteiger partial charge in [0.2, 0.25) is 0 Å². The molecule has 1 amide bonds. The Morgan fingerprint density at radius 1 is 1.39 bits per heavy atom. The molecule has 0 aromatic carbocycles. The Bertz CT molecular complexity index is 415. The van der Waals surface area contributed by atoms with E-state index in [2.05, 4.69) is 34.4 Å². The van der Waals surface area contributed by atoms with Crippen molar-refractivity contribution in [1.82, 2.24) is 15.2 Å². The van der Waals surface area contributed by atoms with Crippen LogP contribution in [0.2, 0.25) is 0 Å². The summed E-state index contributed by atoms with van der Waals surface area (Å²) in [5.41, 5.74) is 0.340.